The number of ether oxygens (including phenoxy) is 2. The minimum Gasteiger partial charge on any atom is -0.497 e. The molecule has 0 aliphatic rings. The average molecular weight is 431 g/mol. The van der Waals surface area contributed by atoms with Gasteiger partial charge in [0, 0.05) is 17.4 Å². The number of carbonyl (C=O) groups is 3. The van der Waals surface area contributed by atoms with Crippen molar-refractivity contribution in [2.24, 2.45) is 0 Å². The van der Waals surface area contributed by atoms with Crippen LogP contribution in [0.15, 0.2) is 47.2 Å². The molecule has 2 aromatic heterocycles. The molecule has 150 valence electrons. The smallest absolute Gasteiger partial charge is 0.306 e. The average Bonchev–Trinajstić information content (AvgIpc) is 3.43. The van der Waals surface area contributed by atoms with Crippen molar-refractivity contribution in [3.8, 4) is 17.0 Å². The maximum Gasteiger partial charge on any atom is 0.306 e. The summed E-state index contributed by atoms with van der Waals surface area (Å²) >= 11 is 2.60. The Morgan fingerprint density at radius 1 is 1.07 bits per heavy atom. The van der Waals surface area contributed by atoms with E-state index in [4.69, 9.17) is 9.47 Å². The zero-order valence-corrected chi connectivity index (χ0v) is 17.2. The summed E-state index contributed by atoms with van der Waals surface area (Å²) in [5.74, 6) is -0.451. The molecule has 0 aliphatic carbocycles. The first-order valence-electron chi connectivity index (χ1n) is 8.67. The number of hydrogen-bond donors (Lipinski definition) is 1. The van der Waals surface area contributed by atoms with Crippen molar-refractivity contribution in [2.45, 2.75) is 12.8 Å². The van der Waals surface area contributed by atoms with Crippen LogP contribution in [-0.4, -0.2) is 36.4 Å². The third-order valence-corrected chi connectivity index (χ3v) is 5.52. The summed E-state index contributed by atoms with van der Waals surface area (Å²) in [4.78, 5) is 40.5. The molecule has 0 bridgehead atoms. The molecule has 0 aliphatic heterocycles. The van der Waals surface area contributed by atoms with E-state index in [-0.39, 0.29) is 18.6 Å². The van der Waals surface area contributed by atoms with Gasteiger partial charge in [0.15, 0.2) is 17.5 Å². The Morgan fingerprint density at radius 2 is 1.86 bits per heavy atom. The van der Waals surface area contributed by atoms with Gasteiger partial charge in [0.1, 0.15) is 5.75 Å². The molecule has 3 rings (SSSR count). The molecule has 29 heavy (non-hydrogen) atoms. The van der Waals surface area contributed by atoms with Gasteiger partial charge in [-0.15, -0.1) is 22.7 Å². The number of Topliss-reactive ketones (excluding diaryl/α,β-unsaturated/α-hetero) is 1. The Hall–Kier alpha value is -3.04. The van der Waals surface area contributed by atoms with E-state index in [9.17, 15) is 14.4 Å². The highest BCUT2D eigenvalue weighted by molar-refractivity contribution is 7.14. The highest BCUT2D eigenvalue weighted by Crippen LogP contribution is 2.26. The van der Waals surface area contributed by atoms with E-state index in [1.165, 1.54) is 22.7 Å². The molecule has 0 radical (unpaired) electrons. The van der Waals surface area contributed by atoms with Gasteiger partial charge in [-0.2, -0.15) is 0 Å². The van der Waals surface area contributed by atoms with Gasteiger partial charge in [0.05, 0.1) is 24.1 Å². The van der Waals surface area contributed by atoms with Gasteiger partial charge in [-0.25, -0.2) is 4.98 Å². The summed E-state index contributed by atoms with van der Waals surface area (Å²) in [5, 5.41) is 6.62. The topological polar surface area (TPSA) is 94.6 Å². The van der Waals surface area contributed by atoms with E-state index < -0.39 is 18.5 Å². The molecule has 0 unspecified atom stereocenters. The molecule has 9 heteroatoms. The third kappa shape index (κ3) is 5.97. The number of methoxy groups -OCH3 is 1. The van der Waals surface area contributed by atoms with E-state index in [2.05, 4.69) is 10.3 Å². The van der Waals surface area contributed by atoms with Crippen molar-refractivity contribution in [2.75, 3.05) is 19.0 Å². The predicted octanol–water partition coefficient (Wildman–Crippen LogP) is 4.03. The first-order chi connectivity index (χ1) is 14.0. The molecular formula is C20H18N2O5S2. The molecule has 7 nitrogen and oxygen atoms in total. The Morgan fingerprint density at radius 3 is 2.55 bits per heavy atom. The van der Waals surface area contributed by atoms with E-state index >= 15 is 0 Å². The van der Waals surface area contributed by atoms with Crippen LogP contribution in [0.3, 0.4) is 0 Å². The summed E-state index contributed by atoms with van der Waals surface area (Å²) in [7, 11) is 1.60. The quantitative estimate of drug-likeness (QED) is 0.407. The van der Waals surface area contributed by atoms with Gasteiger partial charge in [0.25, 0.3) is 5.91 Å². The van der Waals surface area contributed by atoms with Gasteiger partial charge in [-0.05, 0) is 35.7 Å². The highest BCUT2D eigenvalue weighted by atomic mass is 32.1. The van der Waals surface area contributed by atoms with Crippen LogP contribution in [0.1, 0.15) is 22.5 Å². The number of ketones is 1. The number of aromatic nitrogens is 1. The third-order valence-electron chi connectivity index (χ3n) is 3.85. The summed E-state index contributed by atoms with van der Waals surface area (Å²) in [5.41, 5.74) is 1.61. The molecular weight excluding hydrogens is 412 g/mol. The first-order valence-corrected chi connectivity index (χ1v) is 10.4. The minimum absolute atomic E-state index is 0.0542. The lowest BCUT2D eigenvalue weighted by molar-refractivity contribution is -0.147. The number of esters is 1. The van der Waals surface area contributed by atoms with Gasteiger partial charge in [0.2, 0.25) is 0 Å². The van der Waals surface area contributed by atoms with Crippen LogP contribution < -0.4 is 10.1 Å². The minimum atomic E-state index is -0.594. The fourth-order valence-corrected chi connectivity index (χ4v) is 3.81. The predicted molar refractivity (Wildman–Crippen MR) is 112 cm³/mol. The molecule has 1 N–H and O–H groups in total. The Kier molecular flexibility index (Phi) is 7.09. The van der Waals surface area contributed by atoms with E-state index in [0.29, 0.717) is 10.0 Å². The second-order valence-corrected chi connectivity index (χ2v) is 7.68. The lowest BCUT2D eigenvalue weighted by Crippen LogP contribution is -2.21. The second kappa shape index (κ2) is 9.94. The number of nitrogens with zero attached hydrogens (tertiary/aromatic N) is 1. The largest absolute Gasteiger partial charge is 0.497 e. The van der Waals surface area contributed by atoms with Crippen molar-refractivity contribution < 1.29 is 23.9 Å². The number of thiophene rings is 1. The number of benzene rings is 1. The first kappa shape index (κ1) is 20.7. The number of carbonyl (C=O) groups excluding carboxylic acids is 3. The Balaban J connectivity index is 1.43. The molecule has 0 atom stereocenters. The zero-order valence-electron chi connectivity index (χ0n) is 15.5. The molecule has 2 heterocycles. The van der Waals surface area contributed by atoms with Crippen LogP contribution >= 0.6 is 22.7 Å². The molecule has 1 aromatic carbocycles. The second-order valence-electron chi connectivity index (χ2n) is 5.88. The maximum atomic E-state index is 12.0. The van der Waals surface area contributed by atoms with Crippen LogP contribution in [0.4, 0.5) is 5.13 Å². The van der Waals surface area contributed by atoms with Crippen LogP contribution in [0.2, 0.25) is 0 Å². The number of hydrogen-bond acceptors (Lipinski definition) is 8. The summed E-state index contributed by atoms with van der Waals surface area (Å²) < 4.78 is 10.0. The van der Waals surface area contributed by atoms with Crippen molar-refractivity contribution >= 4 is 45.5 Å². The summed E-state index contributed by atoms with van der Waals surface area (Å²) in [6.07, 6.45) is -0.0124. The normalized spacial score (nSPS) is 10.4. The monoisotopic (exact) mass is 430 g/mol. The fourth-order valence-electron chi connectivity index (χ4n) is 2.38. The standard InChI is InChI=1S/C20H18N2O5S2/c1-26-14-6-4-13(5-7-14)15-12-29-20(21-15)22-18(24)11-27-19(25)9-8-16(23)17-3-2-10-28-17/h2-7,10,12H,8-9,11H2,1H3,(H,21,22,24). The highest BCUT2D eigenvalue weighted by Gasteiger charge is 2.13. The van der Waals surface area contributed by atoms with Crippen molar-refractivity contribution in [3.63, 3.8) is 0 Å². The van der Waals surface area contributed by atoms with Crippen molar-refractivity contribution in [1.29, 1.82) is 0 Å². The summed E-state index contributed by atoms with van der Waals surface area (Å²) in [6.45, 7) is -0.427. The Labute approximate surface area is 175 Å². The van der Waals surface area contributed by atoms with Crippen molar-refractivity contribution in [1.82, 2.24) is 4.98 Å². The molecule has 0 fully saturated rings. The van der Waals surface area contributed by atoms with Crippen LogP contribution in [-0.2, 0) is 14.3 Å². The number of thiazole rings is 1. The van der Waals surface area contributed by atoms with Crippen molar-refractivity contribution in [3.05, 3.63) is 52.0 Å². The number of rotatable bonds is 9. The van der Waals surface area contributed by atoms with E-state index in [1.54, 1.807) is 24.6 Å². The molecule has 0 saturated carbocycles. The molecule has 0 saturated heterocycles. The Bertz CT molecular complexity index is 981. The van der Waals surface area contributed by atoms with Crippen LogP contribution in [0.25, 0.3) is 11.3 Å². The van der Waals surface area contributed by atoms with Gasteiger partial charge in [-0.1, -0.05) is 6.07 Å². The number of amides is 1. The maximum absolute atomic E-state index is 12.0. The van der Waals surface area contributed by atoms with Gasteiger partial charge in [-0.3, -0.25) is 19.7 Å². The zero-order chi connectivity index (χ0) is 20.6. The summed E-state index contributed by atoms with van der Waals surface area (Å²) in [6, 6.07) is 10.9. The van der Waals surface area contributed by atoms with Crippen LogP contribution in [0.5, 0.6) is 5.75 Å². The fraction of sp³-hybridized carbons (Fsp3) is 0.200. The van der Waals surface area contributed by atoms with Crippen LogP contribution in [0, 0.1) is 0 Å². The lowest BCUT2D eigenvalue weighted by Gasteiger charge is -2.04. The number of nitrogens with one attached hydrogen (secondary N) is 1. The van der Waals surface area contributed by atoms with Gasteiger partial charge < -0.3 is 9.47 Å². The van der Waals surface area contributed by atoms with E-state index in [1.807, 2.05) is 29.6 Å². The molecule has 1 amide bonds. The van der Waals surface area contributed by atoms with Gasteiger partial charge >= 0.3 is 5.97 Å². The molecule has 3 aromatic rings. The van der Waals surface area contributed by atoms with E-state index in [0.717, 1.165) is 17.0 Å². The number of anilines is 1. The SMILES string of the molecule is COc1ccc(-c2csc(NC(=O)COC(=O)CCC(=O)c3cccs3)n2)cc1. The molecule has 0 spiro atoms. The lowest BCUT2D eigenvalue weighted by atomic mass is 10.2.